The molecule has 0 fully saturated rings. The van der Waals surface area contributed by atoms with Gasteiger partial charge in [-0.1, -0.05) is 6.07 Å². The van der Waals surface area contributed by atoms with Gasteiger partial charge in [-0.15, -0.1) is 0 Å². The highest BCUT2D eigenvalue weighted by molar-refractivity contribution is 7.80. The van der Waals surface area contributed by atoms with E-state index >= 15 is 0 Å². The monoisotopic (exact) mass is 259 g/mol. The number of hydrogen-bond acceptors (Lipinski definition) is 4. The predicted octanol–water partition coefficient (Wildman–Crippen LogP) is 0.929. The third-order valence-electron chi connectivity index (χ3n) is 3.02. The van der Waals surface area contributed by atoms with Crippen molar-refractivity contribution in [2.75, 3.05) is 11.9 Å². The lowest BCUT2D eigenvalue weighted by Gasteiger charge is -2.02. The fourth-order valence-electron chi connectivity index (χ4n) is 2.22. The highest BCUT2D eigenvalue weighted by atomic mass is 32.1. The van der Waals surface area contributed by atoms with Crippen molar-refractivity contribution in [3.05, 3.63) is 41.3 Å². The zero-order chi connectivity index (χ0) is 12.5. The number of nitrogens with two attached hydrogens (primary N) is 1. The van der Waals surface area contributed by atoms with Gasteiger partial charge in [0.1, 0.15) is 5.82 Å². The van der Waals surface area contributed by atoms with E-state index in [1.807, 2.05) is 18.2 Å². The standard InChI is InChI=1S/C12H13N5S/c13-12(18)17-11-9(4-6-15-11)10(16-17)7-8-3-1-2-5-14-8/h1-3,5,15H,4,6-7H2,(H2,13,18). The zero-order valence-corrected chi connectivity index (χ0v) is 10.6. The Morgan fingerprint density at radius 1 is 1.50 bits per heavy atom. The molecule has 3 rings (SSSR count). The first kappa shape index (κ1) is 11.2. The van der Waals surface area contributed by atoms with E-state index in [4.69, 9.17) is 18.0 Å². The van der Waals surface area contributed by atoms with Crippen molar-refractivity contribution in [2.24, 2.45) is 5.73 Å². The van der Waals surface area contributed by atoms with E-state index in [-0.39, 0.29) is 5.11 Å². The number of anilines is 1. The Labute approximate surface area is 110 Å². The van der Waals surface area contributed by atoms with E-state index in [1.54, 1.807) is 10.9 Å². The summed E-state index contributed by atoms with van der Waals surface area (Å²) in [5, 5.41) is 8.01. The molecular weight excluding hydrogens is 246 g/mol. The Hall–Kier alpha value is -1.95. The largest absolute Gasteiger partial charge is 0.374 e. The topological polar surface area (TPSA) is 68.8 Å². The minimum absolute atomic E-state index is 0.271. The molecule has 0 aliphatic carbocycles. The van der Waals surface area contributed by atoms with Gasteiger partial charge in [0.25, 0.3) is 0 Å². The summed E-state index contributed by atoms with van der Waals surface area (Å²) in [6, 6.07) is 5.88. The molecule has 0 saturated carbocycles. The summed E-state index contributed by atoms with van der Waals surface area (Å²) >= 11 is 5.00. The second-order valence-electron chi connectivity index (χ2n) is 4.20. The second-order valence-corrected chi connectivity index (χ2v) is 4.62. The Kier molecular flexibility index (Phi) is 2.71. The number of nitrogens with one attached hydrogen (secondary N) is 1. The molecule has 0 atom stereocenters. The minimum atomic E-state index is 0.271. The molecule has 92 valence electrons. The quantitative estimate of drug-likeness (QED) is 0.785. The molecule has 0 unspecified atom stereocenters. The number of aromatic nitrogens is 3. The maximum absolute atomic E-state index is 5.67. The molecule has 2 aromatic heterocycles. The van der Waals surface area contributed by atoms with E-state index in [0.717, 1.165) is 30.2 Å². The first-order chi connectivity index (χ1) is 8.75. The highest BCUT2D eigenvalue weighted by Gasteiger charge is 2.23. The van der Waals surface area contributed by atoms with E-state index in [0.29, 0.717) is 6.42 Å². The molecule has 2 aromatic rings. The van der Waals surface area contributed by atoms with Crippen LogP contribution >= 0.6 is 12.2 Å². The maximum atomic E-state index is 5.67. The van der Waals surface area contributed by atoms with Crippen LogP contribution in [0.4, 0.5) is 5.82 Å². The molecule has 0 radical (unpaired) electrons. The molecule has 6 heteroatoms. The number of hydrogen-bond donors (Lipinski definition) is 2. The zero-order valence-electron chi connectivity index (χ0n) is 9.76. The molecule has 0 aromatic carbocycles. The summed E-state index contributed by atoms with van der Waals surface area (Å²) in [7, 11) is 0. The van der Waals surface area contributed by atoms with Crippen LogP contribution in [-0.4, -0.2) is 26.4 Å². The van der Waals surface area contributed by atoms with Gasteiger partial charge in [-0.3, -0.25) is 4.98 Å². The van der Waals surface area contributed by atoms with Crippen molar-refractivity contribution >= 4 is 23.1 Å². The molecule has 0 saturated heterocycles. The van der Waals surface area contributed by atoms with Crippen LogP contribution in [0, 0.1) is 0 Å². The van der Waals surface area contributed by atoms with E-state index in [2.05, 4.69) is 15.4 Å². The summed E-state index contributed by atoms with van der Waals surface area (Å²) in [4.78, 5) is 4.32. The van der Waals surface area contributed by atoms with Crippen LogP contribution in [0.1, 0.15) is 17.0 Å². The average molecular weight is 259 g/mol. The third-order valence-corrected chi connectivity index (χ3v) is 3.19. The van der Waals surface area contributed by atoms with Crippen LogP contribution < -0.4 is 11.1 Å². The lowest BCUT2D eigenvalue weighted by molar-refractivity contribution is 0.870. The van der Waals surface area contributed by atoms with Crippen molar-refractivity contribution in [1.29, 1.82) is 0 Å². The van der Waals surface area contributed by atoms with E-state index < -0.39 is 0 Å². The lowest BCUT2D eigenvalue weighted by atomic mass is 10.1. The molecule has 3 heterocycles. The fraction of sp³-hybridized carbons (Fsp3) is 0.250. The molecule has 0 amide bonds. The highest BCUT2D eigenvalue weighted by Crippen LogP contribution is 2.26. The van der Waals surface area contributed by atoms with Gasteiger partial charge in [0.15, 0.2) is 5.11 Å². The van der Waals surface area contributed by atoms with Gasteiger partial charge in [-0.2, -0.15) is 9.78 Å². The first-order valence-electron chi connectivity index (χ1n) is 5.80. The molecule has 1 aliphatic heterocycles. The first-order valence-corrected chi connectivity index (χ1v) is 6.21. The van der Waals surface area contributed by atoms with E-state index in [1.165, 1.54) is 5.56 Å². The Bertz CT molecular complexity index is 590. The molecule has 3 N–H and O–H groups in total. The Morgan fingerprint density at radius 2 is 2.39 bits per heavy atom. The number of rotatable bonds is 2. The third kappa shape index (κ3) is 1.84. The van der Waals surface area contributed by atoms with Crippen LogP contribution in [-0.2, 0) is 12.8 Å². The number of fused-ring (bicyclic) bond motifs is 1. The number of nitrogens with zero attached hydrogens (tertiary/aromatic N) is 3. The van der Waals surface area contributed by atoms with Crippen LogP contribution in [0.15, 0.2) is 24.4 Å². The van der Waals surface area contributed by atoms with Crippen molar-refractivity contribution < 1.29 is 0 Å². The van der Waals surface area contributed by atoms with Gasteiger partial charge >= 0.3 is 0 Å². The summed E-state index contributed by atoms with van der Waals surface area (Å²) in [5.41, 5.74) is 8.87. The summed E-state index contributed by atoms with van der Waals surface area (Å²) < 4.78 is 1.61. The van der Waals surface area contributed by atoms with Crippen molar-refractivity contribution in [2.45, 2.75) is 12.8 Å². The predicted molar refractivity (Wildman–Crippen MR) is 73.6 cm³/mol. The van der Waals surface area contributed by atoms with Crippen molar-refractivity contribution in [1.82, 2.24) is 14.8 Å². The lowest BCUT2D eigenvalue weighted by Crippen LogP contribution is -2.22. The molecule has 1 aliphatic rings. The maximum Gasteiger partial charge on any atom is 0.193 e. The van der Waals surface area contributed by atoms with Crippen molar-refractivity contribution in [3.8, 4) is 0 Å². The molecule has 0 spiro atoms. The van der Waals surface area contributed by atoms with Gasteiger partial charge in [0, 0.05) is 30.4 Å². The van der Waals surface area contributed by atoms with Crippen LogP contribution in [0.3, 0.4) is 0 Å². The molecule has 0 bridgehead atoms. The Balaban J connectivity index is 1.98. The van der Waals surface area contributed by atoms with Gasteiger partial charge in [0.2, 0.25) is 0 Å². The molecule has 18 heavy (non-hydrogen) atoms. The van der Waals surface area contributed by atoms with Gasteiger partial charge < -0.3 is 11.1 Å². The smallest absolute Gasteiger partial charge is 0.193 e. The summed E-state index contributed by atoms with van der Waals surface area (Å²) in [5.74, 6) is 0.938. The summed E-state index contributed by atoms with van der Waals surface area (Å²) in [6.07, 6.45) is 3.46. The van der Waals surface area contributed by atoms with E-state index in [9.17, 15) is 0 Å². The average Bonchev–Trinajstić information content (AvgIpc) is 2.94. The van der Waals surface area contributed by atoms with Crippen LogP contribution in [0.2, 0.25) is 0 Å². The summed E-state index contributed by atoms with van der Waals surface area (Å²) in [6.45, 7) is 0.908. The molecule has 5 nitrogen and oxygen atoms in total. The SMILES string of the molecule is NC(=S)n1nc(Cc2ccccn2)c2c1NCC2. The van der Waals surface area contributed by atoms with Crippen LogP contribution in [0.5, 0.6) is 0 Å². The van der Waals surface area contributed by atoms with Crippen molar-refractivity contribution in [3.63, 3.8) is 0 Å². The number of pyridine rings is 1. The number of thiocarbonyl (C=S) groups is 1. The Morgan fingerprint density at radius 3 is 3.11 bits per heavy atom. The van der Waals surface area contributed by atoms with Gasteiger partial charge in [-0.25, -0.2) is 0 Å². The van der Waals surface area contributed by atoms with Gasteiger partial charge in [-0.05, 0) is 30.8 Å². The molecular formula is C12H13N5S. The second kappa shape index (κ2) is 4.38. The fourth-order valence-corrected chi connectivity index (χ4v) is 2.35. The minimum Gasteiger partial charge on any atom is -0.374 e. The van der Waals surface area contributed by atoms with Crippen LogP contribution in [0.25, 0.3) is 0 Å². The normalized spacial score (nSPS) is 13.1. The van der Waals surface area contributed by atoms with Gasteiger partial charge in [0.05, 0.1) is 5.69 Å².